The van der Waals surface area contributed by atoms with Gasteiger partial charge in [0, 0.05) is 35.3 Å². The van der Waals surface area contributed by atoms with E-state index in [9.17, 15) is 22.8 Å². The second-order valence-corrected chi connectivity index (χ2v) is 10.8. The van der Waals surface area contributed by atoms with E-state index in [1.54, 1.807) is 15.9 Å². The molecule has 0 radical (unpaired) electrons. The SMILES string of the molecule is Cc1nc(Cn2nc3n(c(=O)c2=O)CCC32CCN(Cc3scnc3C)C2)cs1.O=C(O)C(F)(F)F. The number of rotatable bonds is 4. The maximum absolute atomic E-state index is 12.8. The molecule has 5 heterocycles. The molecule has 1 unspecified atom stereocenters. The first-order chi connectivity index (χ1) is 16.9. The van der Waals surface area contributed by atoms with Crippen LogP contribution >= 0.6 is 22.7 Å². The molecule has 5 rings (SSSR count). The number of nitrogens with zero attached hydrogens (tertiary/aromatic N) is 6. The number of hydrogen-bond donors (Lipinski definition) is 1. The van der Waals surface area contributed by atoms with Crippen LogP contribution in [0.1, 0.15) is 39.9 Å². The monoisotopic (exact) mass is 544 g/mol. The number of halogens is 3. The van der Waals surface area contributed by atoms with Gasteiger partial charge in [-0.2, -0.15) is 18.3 Å². The molecule has 36 heavy (non-hydrogen) atoms. The van der Waals surface area contributed by atoms with Gasteiger partial charge in [-0.3, -0.25) is 19.1 Å². The zero-order valence-corrected chi connectivity index (χ0v) is 21.0. The number of fused-ring (bicyclic) bond motifs is 2. The van der Waals surface area contributed by atoms with Crippen molar-refractivity contribution >= 4 is 28.6 Å². The minimum atomic E-state index is -5.08. The summed E-state index contributed by atoms with van der Waals surface area (Å²) in [6.45, 7) is 7.46. The number of likely N-dealkylation sites (tertiary alicyclic amines) is 1. The van der Waals surface area contributed by atoms with E-state index in [-0.39, 0.29) is 12.0 Å². The number of alkyl halides is 3. The van der Waals surface area contributed by atoms with Crippen molar-refractivity contribution in [1.29, 1.82) is 0 Å². The van der Waals surface area contributed by atoms with Crippen LogP contribution in [0.2, 0.25) is 0 Å². The van der Waals surface area contributed by atoms with Crippen LogP contribution in [0.5, 0.6) is 0 Å². The van der Waals surface area contributed by atoms with Crippen LogP contribution in [0.25, 0.3) is 0 Å². The molecule has 0 amide bonds. The van der Waals surface area contributed by atoms with E-state index in [4.69, 9.17) is 15.0 Å². The van der Waals surface area contributed by atoms with Crippen LogP contribution in [0, 0.1) is 13.8 Å². The normalized spacial score (nSPS) is 19.4. The molecule has 15 heteroatoms. The van der Waals surface area contributed by atoms with Gasteiger partial charge in [-0.05, 0) is 33.2 Å². The first-order valence-corrected chi connectivity index (χ1v) is 12.7. The van der Waals surface area contributed by atoms with Gasteiger partial charge in [-0.25, -0.2) is 19.4 Å². The topological polar surface area (TPSA) is 123 Å². The van der Waals surface area contributed by atoms with Gasteiger partial charge < -0.3 is 5.11 Å². The molecule has 0 aliphatic carbocycles. The summed E-state index contributed by atoms with van der Waals surface area (Å²) >= 11 is 3.22. The number of aryl methyl sites for hydroxylation is 2. The minimum absolute atomic E-state index is 0.162. The van der Waals surface area contributed by atoms with Gasteiger partial charge >= 0.3 is 23.3 Å². The Hall–Kier alpha value is -2.91. The van der Waals surface area contributed by atoms with Gasteiger partial charge in [0.1, 0.15) is 5.82 Å². The molecule has 0 saturated carbocycles. The van der Waals surface area contributed by atoms with E-state index >= 15 is 0 Å². The smallest absolute Gasteiger partial charge is 0.475 e. The number of carbonyl (C=O) groups is 1. The Morgan fingerprint density at radius 1 is 1.14 bits per heavy atom. The Morgan fingerprint density at radius 3 is 2.42 bits per heavy atom. The Balaban J connectivity index is 0.000000384. The molecule has 0 bridgehead atoms. The fourth-order valence-corrected chi connectivity index (χ4v) is 5.90. The van der Waals surface area contributed by atoms with Crippen molar-refractivity contribution in [3.8, 4) is 0 Å². The third-order valence-corrected chi connectivity index (χ3v) is 8.03. The summed E-state index contributed by atoms with van der Waals surface area (Å²) in [7, 11) is 0. The highest BCUT2D eigenvalue weighted by molar-refractivity contribution is 7.09. The van der Waals surface area contributed by atoms with Crippen molar-refractivity contribution in [1.82, 2.24) is 29.2 Å². The first-order valence-electron chi connectivity index (χ1n) is 10.9. The highest BCUT2D eigenvalue weighted by atomic mass is 32.1. The molecular formula is C21H23F3N6O4S2. The van der Waals surface area contributed by atoms with E-state index < -0.39 is 23.3 Å². The summed E-state index contributed by atoms with van der Waals surface area (Å²) in [6, 6.07) is 0. The van der Waals surface area contributed by atoms with Gasteiger partial charge in [0.15, 0.2) is 0 Å². The van der Waals surface area contributed by atoms with Crippen molar-refractivity contribution in [3.05, 3.63) is 58.7 Å². The molecule has 0 aromatic carbocycles. The molecule has 194 valence electrons. The fourth-order valence-electron chi connectivity index (χ4n) is 4.48. The molecule has 2 aliphatic heterocycles. The number of aromatic nitrogens is 5. The average Bonchev–Trinajstić information content (AvgIpc) is 3.58. The lowest BCUT2D eigenvalue weighted by molar-refractivity contribution is -0.192. The Morgan fingerprint density at radius 2 is 1.83 bits per heavy atom. The fraction of sp³-hybridized carbons (Fsp3) is 0.524. The lowest BCUT2D eigenvalue weighted by Crippen LogP contribution is -2.45. The number of carboxylic acid groups (broad SMARTS) is 1. The summed E-state index contributed by atoms with van der Waals surface area (Å²) in [5.41, 5.74) is 2.56. The van der Waals surface area contributed by atoms with Crippen molar-refractivity contribution in [2.45, 2.75) is 57.9 Å². The second-order valence-electron chi connectivity index (χ2n) is 8.76. The van der Waals surface area contributed by atoms with Gasteiger partial charge in [0.05, 0.1) is 28.5 Å². The van der Waals surface area contributed by atoms with Crippen molar-refractivity contribution in [3.63, 3.8) is 0 Å². The lowest BCUT2D eigenvalue weighted by atomic mass is 9.85. The zero-order chi connectivity index (χ0) is 26.3. The third-order valence-electron chi connectivity index (χ3n) is 6.29. The summed E-state index contributed by atoms with van der Waals surface area (Å²) in [4.78, 5) is 46.7. The molecule has 3 aromatic heterocycles. The molecule has 2 aliphatic rings. The standard InChI is InChI=1S/C19H22N6O2S2.C2HF3O2/c1-12-15(29-11-20-12)8-23-5-3-19(10-23)4-6-24-16(26)17(27)25(22-18(19)24)7-14-9-28-13(2)21-14;3-2(4,5)1(6)7/h9,11H,3-8,10H2,1-2H3;(H,6,7). The Bertz CT molecular complexity index is 1400. The molecule has 1 fully saturated rings. The highest BCUT2D eigenvalue weighted by Crippen LogP contribution is 2.41. The van der Waals surface area contributed by atoms with Crippen LogP contribution in [0.4, 0.5) is 13.2 Å². The quantitative estimate of drug-likeness (QED) is 0.496. The molecule has 1 N–H and O–H groups in total. The summed E-state index contributed by atoms with van der Waals surface area (Å²) < 4.78 is 34.7. The molecule has 10 nitrogen and oxygen atoms in total. The zero-order valence-electron chi connectivity index (χ0n) is 19.4. The van der Waals surface area contributed by atoms with Crippen LogP contribution in [0.3, 0.4) is 0 Å². The molecule has 1 spiro atoms. The van der Waals surface area contributed by atoms with Gasteiger partial charge in [-0.15, -0.1) is 22.7 Å². The van der Waals surface area contributed by atoms with Crippen molar-refractivity contribution < 1.29 is 23.1 Å². The summed E-state index contributed by atoms with van der Waals surface area (Å²) in [6.07, 6.45) is -3.28. The number of aliphatic carboxylic acids is 1. The molecule has 1 saturated heterocycles. The molecule has 3 aromatic rings. The maximum atomic E-state index is 12.8. The second kappa shape index (κ2) is 9.86. The van der Waals surface area contributed by atoms with E-state index in [0.29, 0.717) is 6.54 Å². The highest BCUT2D eigenvalue weighted by Gasteiger charge is 2.47. The average molecular weight is 545 g/mol. The van der Waals surface area contributed by atoms with E-state index in [0.717, 1.165) is 54.7 Å². The van der Waals surface area contributed by atoms with Gasteiger partial charge in [0.2, 0.25) is 0 Å². The molecule has 1 atom stereocenters. The molecular weight excluding hydrogens is 521 g/mol. The third kappa shape index (κ3) is 5.27. The predicted molar refractivity (Wildman–Crippen MR) is 125 cm³/mol. The van der Waals surface area contributed by atoms with Crippen LogP contribution < -0.4 is 11.1 Å². The number of carboxylic acids is 1. The van der Waals surface area contributed by atoms with E-state index in [1.165, 1.54) is 20.9 Å². The summed E-state index contributed by atoms with van der Waals surface area (Å²) in [5.74, 6) is -2.00. The van der Waals surface area contributed by atoms with E-state index in [1.807, 2.05) is 24.7 Å². The van der Waals surface area contributed by atoms with Gasteiger partial charge in [0.25, 0.3) is 0 Å². The van der Waals surface area contributed by atoms with Crippen LogP contribution in [-0.2, 0) is 29.8 Å². The number of thiazole rings is 2. The van der Waals surface area contributed by atoms with Crippen molar-refractivity contribution in [2.24, 2.45) is 0 Å². The Kier molecular flexibility index (Phi) is 7.16. The van der Waals surface area contributed by atoms with E-state index in [2.05, 4.69) is 14.9 Å². The predicted octanol–water partition coefficient (Wildman–Crippen LogP) is 2.16. The minimum Gasteiger partial charge on any atom is -0.475 e. The van der Waals surface area contributed by atoms with Crippen molar-refractivity contribution in [2.75, 3.05) is 13.1 Å². The van der Waals surface area contributed by atoms with Gasteiger partial charge in [-0.1, -0.05) is 0 Å². The van der Waals surface area contributed by atoms with Crippen LogP contribution in [0.15, 0.2) is 20.5 Å². The number of hydrogen-bond acceptors (Lipinski definition) is 9. The Labute approximate surface area is 210 Å². The summed E-state index contributed by atoms with van der Waals surface area (Å²) in [5, 5.41) is 14.7. The van der Waals surface area contributed by atoms with Crippen LogP contribution in [-0.4, -0.2) is 59.6 Å². The maximum Gasteiger partial charge on any atom is 0.490 e. The first kappa shape index (κ1) is 26.2. The largest absolute Gasteiger partial charge is 0.490 e. The lowest BCUT2D eigenvalue weighted by Gasteiger charge is -2.23.